The van der Waals surface area contributed by atoms with Crippen molar-refractivity contribution in [2.45, 2.75) is 19.1 Å². The fraction of sp³-hybridized carbons (Fsp3) is 0.227. The highest BCUT2D eigenvalue weighted by molar-refractivity contribution is 5.99. The average Bonchev–Trinajstić information content (AvgIpc) is 2.76. The molecular formula is C22H23N3O5. The van der Waals surface area contributed by atoms with Crippen molar-refractivity contribution in [3.05, 3.63) is 80.1 Å². The zero-order valence-corrected chi connectivity index (χ0v) is 16.8. The van der Waals surface area contributed by atoms with E-state index in [4.69, 9.17) is 0 Å². The SMILES string of the molecule is C[C@H](Nc1c(Nc2cccc(C(=O)N(C)C)c2O)c(=O)c1=O)[C@H](O)c1ccccc1. The summed E-state index contributed by atoms with van der Waals surface area (Å²) in [5, 5.41) is 26.6. The Morgan fingerprint density at radius 2 is 1.60 bits per heavy atom. The normalized spacial score (nSPS) is 12.9. The topological polar surface area (TPSA) is 119 Å². The first-order chi connectivity index (χ1) is 14.2. The summed E-state index contributed by atoms with van der Waals surface area (Å²) in [6.07, 6.45) is -0.905. The number of aromatic hydroxyl groups is 1. The number of nitrogens with one attached hydrogen (secondary N) is 2. The number of carbonyl (C=O) groups excluding carboxylic acids is 1. The Bertz CT molecular complexity index is 1130. The first-order valence-electron chi connectivity index (χ1n) is 9.35. The largest absolute Gasteiger partial charge is 0.505 e. The molecule has 3 rings (SSSR count). The third kappa shape index (κ3) is 3.90. The highest BCUT2D eigenvalue weighted by atomic mass is 16.3. The number of hydrogen-bond acceptors (Lipinski definition) is 7. The molecule has 2 atom stereocenters. The maximum Gasteiger partial charge on any atom is 0.257 e. The molecule has 0 aliphatic heterocycles. The number of aliphatic hydroxyl groups is 1. The second-order valence-electron chi connectivity index (χ2n) is 7.22. The minimum absolute atomic E-state index is 0.0196. The maximum absolute atomic E-state index is 12.2. The van der Waals surface area contributed by atoms with Crippen LogP contribution in [0.25, 0.3) is 0 Å². The average molecular weight is 409 g/mol. The van der Waals surface area contributed by atoms with E-state index < -0.39 is 28.9 Å². The summed E-state index contributed by atoms with van der Waals surface area (Å²) < 4.78 is 0. The number of nitrogens with zero attached hydrogens (tertiary/aromatic N) is 1. The van der Waals surface area contributed by atoms with Gasteiger partial charge in [-0.2, -0.15) is 0 Å². The van der Waals surface area contributed by atoms with Crippen LogP contribution in [0.5, 0.6) is 5.75 Å². The van der Waals surface area contributed by atoms with Gasteiger partial charge in [-0.05, 0) is 24.6 Å². The number of phenols is 1. The first kappa shape index (κ1) is 21.1. The fourth-order valence-electron chi connectivity index (χ4n) is 3.09. The number of carbonyl (C=O) groups is 1. The van der Waals surface area contributed by atoms with Crippen molar-refractivity contribution < 1.29 is 15.0 Å². The molecule has 0 bridgehead atoms. The summed E-state index contributed by atoms with van der Waals surface area (Å²) in [6, 6.07) is 12.9. The summed E-state index contributed by atoms with van der Waals surface area (Å²) in [4.78, 5) is 37.7. The molecule has 0 aliphatic rings. The van der Waals surface area contributed by atoms with Crippen LogP contribution in [-0.2, 0) is 0 Å². The van der Waals surface area contributed by atoms with E-state index in [0.717, 1.165) is 0 Å². The van der Waals surface area contributed by atoms with Crippen molar-refractivity contribution in [2.24, 2.45) is 0 Å². The molecule has 0 unspecified atom stereocenters. The maximum atomic E-state index is 12.2. The van der Waals surface area contributed by atoms with Gasteiger partial charge in [0, 0.05) is 14.1 Å². The van der Waals surface area contributed by atoms with Gasteiger partial charge in [-0.1, -0.05) is 36.4 Å². The quantitative estimate of drug-likeness (QED) is 0.348. The van der Waals surface area contributed by atoms with Crippen LogP contribution in [0.15, 0.2) is 58.1 Å². The minimum atomic E-state index is -0.905. The molecule has 0 saturated carbocycles. The van der Waals surface area contributed by atoms with Crippen LogP contribution in [0.4, 0.5) is 17.1 Å². The fourth-order valence-corrected chi connectivity index (χ4v) is 3.09. The highest BCUT2D eigenvalue weighted by Gasteiger charge is 2.26. The molecule has 0 saturated heterocycles. The monoisotopic (exact) mass is 409 g/mol. The molecule has 30 heavy (non-hydrogen) atoms. The Morgan fingerprint density at radius 3 is 2.23 bits per heavy atom. The number of rotatable bonds is 7. The summed E-state index contributed by atoms with van der Waals surface area (Å²) >= 11 is 0. The molecule has 0 aromatic heterocycles. The van der Waals surface area contributed by atoms with Crippen molar-refractivity contribution in [1.29, 1.82) is 0 Å². The van der Waals surface area contributed by atoms with E-state index in [-0.39, 0.29) is 28.4 Å². The molecule has 8 heteroatoms. The van der Waals surface area contributed by atoms with Gasteiger partial charge in [0.25, 0.3) is 16.8 Å². The van der Waals surface area contributed by atoms with E-state index in [1.54, 1.807) is 51.4 Å². The lowest BCUT2D eigenvalue weighted by Crippen LogP contribution is -2.39. The van der Waals surface area contributed by atoms with Crippen LogP contribution in [0.1, 0.15) is 28.9 Å². The summed E-state index contributed by atoms with van der Waals surface area (Å²) in [7, 11) is 3.11. The molecule has 0 radical (unpaired) electrons. The summed E-state index contributed by atoms with van der Waals surface area (Å²) in [5.74, 6) is -0.730. The molecule has 3 aromatic carbocycles. The van der Waals surface area contributed by atoms with Crippen molar-refractivity contribution in [3.63, 3.8) is 0 Å². The van der Waals surface area contributed by atoms with Crippen LogP contribution in [0.2, 0.25) is 0 Å². The Balaban J connectivity index is 1.84. The highest BCUT2D eigenvalue weighted by Crippen LogP contribution is 2.32. The number of aliphatic hydroxyl groups excluding tert-OH is 1. The zero-order valence-electron chi connectivity index (χ0n) is 16.8. The molecule has 0 heterocycles. The van der Waals surface area contributed by atoms with Crippen LogP contribution >= 0.6 is 0 Å². The molecular weight excluding hydrogens is 386 g/mol. The number of hydrogen-bond donors (Lipinski definition) is 4. The molecule has 1 amide bonds. The van der Waals surface area contributed by atoms with Crippen LogP contribution < -0.4 is 21.5 Å². The standard InChI is InChI=1S/C22H23N3O5/c1-12(18(26)13-8-5-4-6-9-13)23-16-17(21(29)20(16)28)24-15-11-7-10-14(19(15)27)22(30)25(2)3/h4-12,18,23-24,26-27H,1-3H3/t12-,18-/m0/s1. The van der Waals surface area contributed by atoms with Gasteiger partial charge in [-0.25, -0.2) is 0 Å². The third-order valence-electron chi connectivity index (χ3n) is 4.83. The molecule has 3 aromatic rings. The second-order valence-corrected chi connectivity index (χ2v) is 7.22. The van der Waals surface area contributed by atoms with Crippen molar-refractivity contribution in [1.82, 2.24) is 4.90 Å². The van der Waals surface area contributed by atoms with Gasteiger partial charge in [-0.3, -0.25) is 14.4 Å². The zero-order chi connectivity index (χ0) is 22.0. The van der Waals surface area contributed by atoms with Gasteiger partial charge >= 0.3 is 0 Å². The van der Waals surface area contributed by atoms with Crippen molar-refractivity contribution >= 4 is 23.0 Å². The van der Waals surface area contributed by atoms with Crippen LogP contribution in [0, 0.1) is 0 Å². The number of amides is 1. The molecule has 156 valence electrons. The molecule has 4 N–H and O–H groups in total. The summed E-state index contributed by atoms with van der Waals surface area (Å²) in [6.45, 7) is 1.69. The van der Waals surface area contributed by atoms with Gasteiger partial charge in [0.1, 0.15) is 11.4 Å². The molecule has 8 nitrogen and oxygen atoms in total. The van der Waals surface area contributed by atoms with Gasteiger partial charge in [-0.15, -0.1) is 0 Å². The Hall–Kier alpha value is -3.65. The lowest BCUT2D eigenvalue weighted by Gasteiger charge is -2.24. The lowest BCUT2D eigenvalue weighted by atomic mass is 10.0. The predicted molar refractivity (Wildman–Crippen MR) is 115 cm³/mol. The van der Waals surface area contributed by atoms with Gasteiger partial charge < -0.3 is 25.7 Å². The summed E-state index contributed by atoms with van der Waals surface area (Å²) in [5.41, 5.74) is -0.631. The van der Waals surface area contributed by atoms with Crippen LogP contribution in [-0.4, -0.2) is 41.2 Å². The number of benzene rings is 2. The number of para-hydroxylation sites is 1. The van der Waals surface area contributed by atoms with E-state index in [0.29, 0.717) is 5.56 Å². The molecule has 0 aliphatic carbocycles. The van der Waals surface area contributed by atoms with E-state index >= 15 is 0 Å². The lowest BCUT2D eigenvalue weighted by molar-refractivity contribution is 0.0824. The first-order valence-corrected chi connectivity index (χ1v) is 9.35. The third-order valence-corrected chi connectivity index (χ3v) is 4.83. The van der Waals surface area contributed by atoms with Gasteiger partial charge in [0.05, 0.1) is 23.4 Å². The predicted octanol–water partition coefficient (Wildman–Crippen LogP) is 1.97. The smallest absolute Gasteiger partial charge is 0.257 e. The van der Waals surface area contributed by atoms with E-state index in [1.165, 1.54) is 17.0 Å². The van der Waals surface area contributed by atoms with Crippen molar-refractivity contribution in [2.75, 3.05) is 24.7 Å². The minimum Gasteiger partial charge on any atom is -0.505 e. The Kier molecular flexibility index (Phi) is 5.89. The van der Waals surface area contributed by atoms with E-state index in [2.05, 4.69) is 10.6 Å². The molecule has 0 fully saturated rings. The second kappa shape index (κ2) is 8.38. The molecule has 0 spiro atoms. The van der Waals surface area contributed by atoms with Gasteiger partial charge in [0.15, 0.2) is 5.75 Å². The Morgan fingerprint density at radius 1 is 0.967 bits per heavy atom. The Labute approximate surface area is 173 Å². The van der Waals surface area contributed by atoms with E-state index in [9.17, 15) is 24.6 Å². The van der Waals surface area contributed by atoms with Crippen molar-refractivity contribution in [3.8, 4) is 5.75 Å². The number of anilines is 3. The number of phenolic OH excluding ortho intramolecular Hbond substituents is 1. The van der Waals surface area contributed by atoms with Gasteiger partial charge in [0.2, 0.25) is 0 Å². The van der Waals surface area contributed by atoms with Crippen LogP contribution in [0.3, 0.4) is 0 Å². The van der Waals surface area contributed by atoms with E-state index in [1.807, 2.05) is 6.07 Å².